The molecule has 0 radical (unpaired) electrons. The van der Waals surface area contributed by atoms with E-state index in [1.807, 2.05) is 18.7 Å². The number of hydrogen-bond donors (Lipinski definition) is 1. The van der Waals surface area contributed by atoms with Crippen LogP contribution >= 0.6 is 23.4 Å². The largest absolute Gasteiger partial charge is 0.328 e. The Morgan fingerprint density at radius 2 is 2.27 bits per heavy atom. The molecule has 1 aliphatic rings. The van der Waals surface area contributed by atoms with Gasteiger partial charge >= 0.3 is 0 Å². The SMILES string of the molecule is CC(N)Cc1ccc(SC2CC2)c(Cl)c1. The molecule has 1 unspecified atom stereocenters. The lowest BCUT2D eigenvalue weighted by Gasteiger charge is -2.08. The molecule has 0 saturated heterocycles. The van der Waals surface area contributed by atoms with E-state index >= 15 is 0 Å². The fourth-order valence-electron chi connectivity index (χ4n) is 1.50. The summed E-state index contributed by atoms with van der Waals surface area (Å²) in [5.74, 6) is 0. The molecule has 3 heteroatoms. The zero-order chi connectivity index (χ0) is 10.8. The van der Waals surface area contributed by atoms with E-state index in [-0.39, 0.29) is 6.04 Å². The quantitative estimate of drug-likeness (QED) is 0.874. The van der Waals surface area contributed by atoms with Crippen LogP contribution in [0.3, 0.4) is 0 Å². The van der Waals surface area contributed by atoms with Crippen molar-refractivity contribution in [3.63, 3.8) is 0 Å². The number of benzene rings is 1. The van der Waals surface area contributed by atoms with E-state index in [1.165, 1.54) is 23.3 Å². The van der Waals surface area contributed by atoms with Crippen LogP contribution < -0.4 is 5.73 Å². The van der Waals surface area contributed by atoms with Gasteiger partial charge in [0.25, 0.3) is 0 Å². The van der Waals surface area contributed by atoms with E-state index in [1.54, 1.807) is 0 Å². The van der Waals surface area contributed by atoms with Gasteiger partial charge in [-0.1, -0.05) is 17.7 Å². The van der Waals surface area contributed by atoms with Gasteiger partial charge in [0, 0.05) is 16.2 Å². The summed E-state index contributed by atoms with van der Waals surface area (Å²) in [6, 6.07) is 6.52. The normalized spacial score (nSPS) is 17.8. The van der Waals surface area contributed by atoms with Crippen molar-refractivity contribution in [2.24, 2.45) is 5.73 Å². The summed E-state index contributed by atoms with van der Waals surface area (Å²) in [4.78, 5) is 1.22. The monoisotopic (exact) mass is 241 g/mol. The first-order valence-corrected chi connectivity index (χ1v) is 6.61. The van der Waals surface area contributed by atoms with E-state index in [0.717, 1.165) is 16.7 Å². The first kappa shape index (κ1) is 11.3. The highest BCUT2D eigenvalue weighted by atomic mass is 35.5. The second-order valence-corrected chi connectivity index (χ2v) is 6.01. The summed E-state index contributed by atoms with van der Waals surface area (Å²) in [5, 5.41) is 1.69. The van der Waals surface area contributed by atoms with Crippen LogP contribution in [-0.4, -0.2) is 11.3 Å². The van der Waals surface area contributed by atoms with E-state index in [4.69, 9.17) is 17.3 Å². The molecule has 2 N–H and O–H groups in total. The summed E-state index contributed by atoms with van der Waals surface area (Å²) in [5.41, 5.74) is 6.99. The van der Waals surface area contributed by atoms with Gasteiger partial charge in [-0.3, -0.25) is 0 Å². The summed E-state index contributed by atoms with van der Waals surface area (Å²) >= 11 is 8.12. The molecule has 0 aliphatic heterocycles. The zero-order valence-electron chi connectivity index (χ0n) is 8.87. The third-order valence-corrected chi connectivity index (χ3v) is 4.21. The Kier molecular flexibility index (Phi) is 3.60. The zero-order valence-corrected chi connectivity index (χ0v) is 10.4. The average Bonchev–Trinajstić information content (AvgIpc) is 2.92. The first-order chi connectivity index (χ1) is 7.15. The minimum atomic E-state index is 0.197. The van der Waals surface area contributed by atoms with Gasteiger partial charge in [-0.2, -0.15) is 0 Å². The van der Waals surface area contributed by atoms with Crippen molar-refractivity contribution in [2.75, 3.05) is 0 Å². The third-order valence-electron chi connectivity index (χ3n) is 2.37. The summed E-state index contributed by atoms with van der Waals surface area (Å²) in [7, 11) is 0. The Hall–Kier alpha value is -0.180. The molecule has 1 atom stereocenters. The van der Waals surface area contributed by atoms with Crippen LogP contribution in [0.15, 0.2) is 23.1 Å². The Morgan fingerprint density at radius 3 is 2.80 bits per heavy atom. The van der Waals surface area contributed by atoms with E-state index in [2.05, 4.69) is 18.2 Å². The maximum absolute atomic E-state index is 6.22. The Bertz CT molecular complexity index is 347. The fraction of sp³-hybridized carbons (Fsp3) is 0.500. The van der Waals surface area contributed by atoms with Crippen molar-refractivity contribution in [3.8, 4) is 0 Å². The Morgan fingerprint density at radius 1 is 1.53 bits per heavy atom. The predicted molar refractivity (Wildman–Crippen MR) is 67.7 cm³/mol. The van der Waals surface area contributed by atoms with Crippen molar-refractivity contribution >= 4 is 23.4 Å². The lowest BCUT2D eigenvalue weighted by Crippen LogP contribution is -2.17. The van der Waals surface area contributed by atoms with Crippen LogP contribution in [0.2, 0.25) is 5.02 Å². The van der Waals surface area contributed by atoms with Gasteiger partial charge < -0.3 is 5.73 Å². The lowest BCUT2D eigenvalue weighted by molar-refractivity contribution is 0.738. The highest BCUT2D eigenvalue weighted by molar-refractivity contribution is 8.00. The molecule has 1 aliphatic carbocycles. The maximum Gasteiger partial charge on any atom is 0.0544 e. The van der Waals surface area contributed by atoms with Crippen LogP contribution in [0.25, 0.3) is 0 Å². The second kappa shape index (κ2) is 4.77. The van der Waals surface area contributed by atoms with Crippen LogP contribution in [0.5, 0.6) is 0 Å². The minimum Gasteiger partial charge on any atom is -0.328 e. The number of rotatable bonds is 4. The maximum atomic E-state index is 6.22. The van der Waals surface area contributed by atoms with Gasteiger partial charge in [-0.15, -0.1) is 11.8 Å². The van der Waals surface area contributed by atoms with Crippen LogP contribution in [-0.2, 0) is 6.42 Å². The molecule has 0 spiro atoms. The van der Waals surface area contributed by atoms with Crippen LogP contribution in [0.4, 0.5) is 0 Å². The fourth-order valence-corrected chi connectivity index (χ4v) is 2.89. The molecule has 1 aromatic carbocycles. The summed E-state index contributed by atoms with van der Waals surface area (Å²) in [6.45, 7) is 2.01. The first-order valence-electron chi connectivity index (χ1n) is 5.36. The van der Waals surface area contributed by atoms with E-state index in [9.17, 15) is 0 Å². The molecule has 82 valence electrons. The second-order valence-electron chi connectivity index (χ2n) is 4.26. The van der Waals surface area contributed by atoms with E-state index < -0.39 is 0 Å². The van der Waals surface area contributed by atoms with Gasteiger partial charge in [0.1, 0.15) is 0 Å². The van der Waals surface area contributed by atoms with Gasteiger partial charge in [0.15, 0.2) is 0 Å². The number of hydrogen-bond acceptors (Lipinski definition) is 2. The molecule has 15 heavy (non-hydrogen) atoms. The topological polar surface area (TPSA) is 26.0 Å². The molecule has 0 heterocycles. The Labute approximate surface area is 100 Å². The van der Waals surface area contributed by atoms with Crippen LogP contribution in [0, 0.1) is 0 Å². The molecule has 0 aromatic heterocycles. The average molecular weight is 242 g/mol. The molecule has 0 amide bonds. The molecule has 0 bridgehead atoms. The molecule has 1 saturated carbocycles. The molecule has 2 rings (SSSR count). The molecule has 1 nitrogen and oxygen atoms in total. The smallest absolute Gasteiger partial charge is 0.0544 e. The lowest BCUT2D eigenvalue weighted by atomic mass is 10.1. The van der Waals surface area contributed by atoms with Crippen molar-refractivity contribution < 1.29 is 0 Å². The number of halogens is 1. The molecular weight excluding hydrogens is 226 g/mol. The van der Waals surface area contributed by atoms with E-state index in [0.29, 0.717) is 0 Å². The minimum absolute atomic E-state index is 0.197. The molecule has 1 fully saturated rings. The highest BCUT2D eigenvalue weighted by Gasteiger charge is 2.23. The third kappa shape index (κ3) is 3.40. The molecule has 1 aromatic rings. The summed E-state index contributed by atoms with van der Waals surface area (Å²) in [6.07, 6.45) is 3.57. The van der Waals surface area contributed by atoms with Gasteiger partial charge in [-0.05, 0) is 43.9 Å². The van der Waals surface area contributed by atoms with Gasteiger partial charge in [0.2, 0.25) is 0 Å². The standard InChI is InChI=1S/C12H16ClNS/c1-8(14)6-9-2-5-12(11(13)7-9)15-10-3-4-10/h2,5,7-8,10H,3-4,6,14H2,1H3. The molecular formula is C12H16ClNS. The summed E-state index contributed by atoms with van der Waals surface area (Å²) < 4.78 is 0. The number of nitrogens with two attached hydrogens (primary N) is 1. The number of thioether (sulfide) groups is 1. The Balaban J connectivity index is 2.07. The van der Waals surface area contributed by atoms with Crippen molar-refractivity contribution in [1.82, 2.24) is 0 Å². The highest BCUT2D eigenvalue weighted by Crippen LogP contribution is 2.41. The van der Waals surface area contributed by atoms with Crippen molar-refractivity contribution in [2.45, 2.75) is 42.4 Å². The van der Waals surface area contributed by atoms with Crippen molar-refractivity contribution in [1.29, 1.82) is 0 Å². The predicted octanol–water partition coefficient (Wildman–Crippen LogP) is 3.48. The van der Waals surface area contributed by atoms with Crippen LogP contribution in [0.1, 0.15) is 25.3 Å². The van der Waals surface area contributed by atoms with Gasteiger partial charge in [0.05, 0.1) is 5.02 Å². The van der Waals surface area contributed by atoms with Gasteiger partial charge in [-0.25, -0.2) is 0 Å². The van der Waals surface area contributed by atoms with Crippen molar-refractivity contribution in [3.05, 3.63) is 28.8 Å².